The van der Waals surface area contributed by atoms with Crippen LogP contribution >= 0.6 is 11.6 Å². The fraction of sp³-hybridized carbons (Fsp3) is 0.375. The van der Waals surface area contributed by atoms with E-state index in [-0.39, 0.29) is 16.4 Å². The van der Waals surface area contributed by atoms with Gasteiger partial charge in [-0.2, -0.15) is 0 Å². The smallest absolute Gasteiger partial charge is 0.325 e. The van der Waals surface area contributed by atoms with Crippen molar-refractivity contribution >= 4 is 29.5 Å². The Morgan fingerprint density at radius 3 is 2.81 bits per heavy atom. The molecule has 1 N–H and O–H groups in total. The number of hydrogen-bond acceptors (Lipinski definition) is 6. The van der Waals surface area contributed by atoms with Gasteiger partial charge in [0, 0.05) is 20.7 Å². The summed E-state index contributed by atoms with van der Waals surface area (Å²) in [5.41, 5.74) is 0.0667. The first kappa shape index (κ1) is 17.7. The molecular formula is C16H16ClFN6O3. The predicted octanol–water partition coefficient (Wildman–Crippen LogP) is 1.25. The zero-order chi connectivity index (χ0) is 19.3. The summed E-state index contributed by atoms with van der Waals surface area (Å²) in [5, 5.41) is 10.7. The van der Waals surface area contributed by atoms with E-state index in [1.807, 2.05) is 0 Å². The number of aromatic nitrogens is 3. The number of methoxy groups -OCH3 is 1. The summed E-state index contributed by atoms with van der Waals surface area (Å²) in [6.07, 6.45) is -0.737. The quantitative estimate of drug-likeness (QED) is 0.839. The first-order chi connectivity index (χ1) is 13.0. The van der Waals surface area contributed by atoms with Crippen molar-refractivity contribution in [2.45, 2.75) is 12.2 Å². The van der Waals surface area contributed by atoms with E-state index in [9.17, 15) is 14.0 Å². The zero-order valence-electron chi connectivity index (χ0n) is 14.5. The lowest BCUT2D eigenvalue weighted by atomic mass is 10.1. The minimum atomic E-state index is -0.738. The number of benzene rings is 1. The Morgan fingerprint density at radius 2 is 2.11 bits per heavy atom. The highest BCUT2D eigenvalue weighted by Gasteiger charge is 2.52. The van der Waals surface area contributed by atoms with Gasteiger partial charge in [0.25, 0.3) is 5.91 Å². The summed E-state index contributed by atoms with van der Waals surface area (Å²) in [6.45, 7) is 0.674. The summed E-state index contributed by atoms with van der Waals surface area (Å²) in [7, 11) is 3.09. The van der Waals surface area contributed by atoms with Crippen LogP contribution in [0, 0.1) is 5.82 Å². The van der Waals surface area contributed by atoms with Gasteiger partial charge in [-0.15, -0.1) is 10.2 Å². The van der Waals surface area contributed by atoms with Crippen molar-refractivity contribution in [1.29, 1.82) is 0 Å². The van der Waals surface area contributed by atoms with Crippen LogP contribution in [0.25, 0.3) is 11.4 Å². The van der Waals surface area contributed by atoms with Crippen molar-refractivity contribution in [2.24, 2.45) is 0 Å². The first-order valence-corrected chi connectivity index (χ1v) is 8.56. The Labute approximate surface area is 158 Å². The molecule has 1 aromatic carbocycles. The monoisotopic (exact) mass is 394 g/mol. The van der Waals surface area contributed by atoms with Crippen molar-refractivity contribution in [3.8, 4) is 11.4 Å². The summed E-state index contributed by atoms with van der Waals surface area (Å²) < 4.78 is 21.2. The van der Waals surface area contributed by atoms with Gasteiger partial charge in [-0.3, -0.25) is 14.7 Å². The fourth-order valence-corrected chi connectivity index (χ4v) is 3.76. The van der Waals surface area contributed by atoms with Gasteiger partial charge in [0.2, 0.25) is 5.95 Å². The maximum absolute atomic E-state index is 14.5. The van der Waals surface area contributed by atoms with Crippen molar-refractivity contribution < 1.29 is 18.7 Å². The number of imide groups is 1. The Kier molecular flexibility index (Phi) is 4.23. The minimum Gasteiger partial charge on any atom is -0.383 e. The lowest BCUT2D eigenvalue weighted by Gasteiger charge is -2.37. The molecule has 0 spiro atoms. The first-order valence-electron chi connectivity index (χ1n) is 8.18. The Morgan fingerprint density at radius 1 is 1.33 bits per heavy atom. The topological polar surface area (TPSA) is 92.6 Å². The van der Waals surface area contributed by atoms with Gasteiger partial charge in [0.1, 0.15) is 12.0 Å². The van der Waals surface area contributed by atoms with Gasteiger partial charge < -0.3 is 14.5 Å². The molecule has 142 valence electrons. The van der Waals surface area contributed by atoms with Gasteiger partial charge in [0.15, 0.2) is 11.9 Å². The number of amides is 3. The molecule has 2 unspecified atom stereocenters. The summed E-state index contributed by atoms with van der Waals surface area (Å²) in [4.78, 5) is 27.8. The highest BCUT2D eigenvalue weighted by atomic mass is 35.5. The van der Waals surface area contributed by atoms with Crippen LogP contribution in [0.5, 0.6) is 0 Å². The summed E-state index contributed by atoms with van der Waals surface area (Å²) in [6, 6.07) is 3.00. The number of urea groups is 1. The second kappa shape index (κ2) is 6.46. The van der Waals surface area contributed by atoms with E-state index in [2.05, 4.69) is 15.5 Å². The van der Waals surface area contributed by atoms with Crippen LogP contribution in [0.15, 0.2) is 18.2 Å². The number of carbonyl (C=O) groups is 2. The average Bonchev–Trinajstić information content (AvgIpc) is 3.17. The molecule has 1 saturated heterocycles. The number of carbonyl (C=O) groups excluding carboxylic acids is 2. The number of nitrogens with one attached hydrogen (secondary N) is 1. The SMILES string of the molecule is COCCN1c2nnc(-c3c(F)cccc3Cl)n2C2C1C(=O)NC(=O)N2C. The third-order valence-electron chi connectivity index (χ3n) is 4.76. The van der Waals surface area contributed by atoms with Crippen molar-refractivity contribution in [3.63, 3.8) is 0 Å². The zero-order valence-corrected chi connectivity index (χ0v) is 15.3. The number of anilines is 1. The van der Waals surface area contributed by atoms with Crippen molar-refractivity contribution in [3.05, 3.63) is 29.0 Å². The molecule has 9 nitrogen and oxygen atoms in total. The number of halogens is 2. The molecule has 2 aromatic rings. The Balaban J connectivity index is 1.90. The maximum atomic E-state index is 14.5. The molecule has 2 atom stereocenters. The fourth-order valence-electron chi connectivity index (χ4n) is 3.51. The third kappa shape index (κ3) is 2.55. The van der Waals surface area contributed by atoms with Crippen LogP contribution in [-0.4, -0.2) is 65.0 Å². The lowest BCUT2D eigenvalue weighted by molar-refractivity contribution is -0.124. The van der Waals surface area contributed by atoms with Crippen LogP contribution in [0.3, 0.4) is 0 Å². The van der Waals surface area contributed by atoms with E-state index in [1.165, 1.54) is 17.0 Å². The standard InChI is InChI=1S/C16H16ClFN6O3/c1-22-14-11(13(25)19-16(22)26)23(6-7-27-2)15-21-20-12(24(14)15)10-8(17)4-3-5-9(10)18/h3-5,11,14H,6-7H2,1-2H3,(H,19,25,26). The van der Waals surface area contributed by atoms with E-state index < -0.39 is 30.0 Å². The molecule has 3 amide bonds. The van der Waals surface area contributed by atoms with E-state index in [0.29, 0.717) is 19.1 Å². The maximum Gasteiger partial charge on any atom is 0.325 e. The van der Waals surface area contributed by atoms with Crippen LogP contribution < -0.4 is 10.2 Å². The number of hydrogen-bond donors (Lipinski definition) is 1. The molecule has 2 aliphatic rings. The van der Waals surface area contributed by atoms with E-state index in [4.69, 9.17) is 16.3 Å². The Hall–Kier alpha value is -2.72. The second-order valence-electron chi connectivity index (χ2n) is 6.24. The molecule has 0 bridgehead atoms. The molecular weight excluding hydrogens is 379 g/mol. The van der Waals surface area contributed by atoms with Crippen LogP contribution in [-0.2, 0) is 9.53 Å². The van der Waals surface area contributed by atoms with E-state index >= 15 is 0 Å². The largest absolute Gasteiger partial charge is 0.383 e. The molecule has 0 radical (unpaired) electrons. The third-order valence-corrected chi connectivity index (χ3v) is 5.07. The molecule has 3 heterocycles. The Bertz CT molecular complexity index is 915. The molecule has 0 saturated carbocycles. The van der Waals surface area contributed by atoms with Crippen LogP contribution in [0.4, 0.5) is 15.1 Å². The van der Waals surface area contributed by atoms with Crippen molar-refractivity contribution in [2.75, 3.05) is 32.2 Å². The summed E-state index contributed by atoms with van der Waals surface area (Å²) >= 11 is 6.20. The molecule has 1 fully saturated rings. The van der Waals surface area contributed by atoms with Crippen LogP contribution in [0.1, 0.15) is 6.17 Å². The molecule has 0 aliphatic carbocycles. The highest BCUT2D eigenvalue weighted by molar-refractivity contribution is 6.33. The van der Waals surface area contributed by atoms with Gasteiger partial charge in [-0.1, -0.05) is 17.7 Å². The normalized spacial score (nSPS) is 21.3. The van der Waals surface area contributed by atoms with E-state index in [1.54, 1.807) is 29.7 Å². The van der Waals surface area contributed by atoms with Crippen molar-refractivity contribution in [1.82, 2.24) is 25.0 Å². The van der Waals surface area contributed by atoms with Gasteiger partial charge >= 0.3 is 6.03 Å². The number of rotatable bonds is 4. The average molecular weight is 395 g/mol. The van der Waals surface area contributed by atoms with E-state index in [0.717, 1.165) is 0 Å². The molecule has 1 aromatic heterocycles. The molecule has 2 aliphatic heterocycles. The number of ether oxygens (including phenoxy) is 1. The van der Waals surface area contributed by atoms with Crippen LogP contribution in [0.2, 0.25) is 5.02 Å². The second-order valence-corrected chi connectivity index (χ2v) is 6.65. The van der Waals surface area contributed by atoms with Gasteiger partial charge in [0.05, 0.1) is 17.2 Å². The number of fused-ring (bicyclic) bond motifs is 3. The number of likely N-dealkylation sites (N-methyl/N-ethyl adjacent to an activating group) is 1. The molecule has 27 heavy (non-hydrogen) atoms. The lowest BCUT2D eigenvalue weighted by Crippen LogP contribution is -2.61. The summed E-state index contributed by atoms with van der Waals surface area (Å²) in [5.74, 6) is -0.542. The van der Waals surface area contributed by atoms with Gasteiger partial charge in [-0.25, -0.2) is 9.18 Å². The number of nitrogens with zero attached hydrogens (tertiary/aromatic N) is 5. The highest BCUT2D eigenvalue weighted by Crippen LogP contribution is 2.42. The predicted molar refractivity (Wildman–Crippen MR) is 93.8 cm³/mol. The molecule has 4 rings (SSSR count). The minimum absolute atomic E-state index is 0.0667. The molecule has 11 heteroatoms. The van der Waals surface area contributed by atoms with Gasteiger partial charge in [-0.05, 0) is 12.1 Å².